The maximum atomic E-state index is 8.86. The number of halogens is 1. The molecule has 0 bridgehead atoms. The summed E-state index contributed by atoms with van der Waals surface area (Å²) in [5.41, 5.74) is 1.69. The summed E-state index contributed by atoms with van der Waals surface area (Å²) < 4.78 is 1.00. The second-order valence-corrected chi connectivity index (χ2v) is 3.70. The molecule has 68 valence electrons. The molecule has 0 saturated carbocycles. The highest BCUT2D eigenvalue weighted by Gasteiger charge is 2.05. The van der Waals surface area contributed by atoms with Gasteiger partial charge in [0.1, 0.15) is 6.07 Å². The van der Waals surface area contributed by atoms with Gasteiger partial charge in [-0.25, -0.2) is 0 Å². The molecule has 0 N–H and O–H groups in total. The molecule has 0 spiro atoms. The first kappa shape index (κ1) is 10.1. The predicted molar refractivity (Wildman–Crippen MR) is 57.8 cm³/mol. The van der Waals surface area contributed by atoms with Crippen LogP contribution in [-0.2, 0) is 0 Å². The molecule has 0 amide bonds. The van der Waals surface area contributed by atoms with Crippen molar-refractivity contribution in [3.8, 4) is 6.07 Å². The first-order valence-corrected chi connectivity index (χ1v) is 4.89. The molecule has 0 heterocycles. The summed E-state index contributed by atoms with van der Waals surface area (Å²) in [5.74, 6) is 0. The predicted octanol–water partition coefficient (Wildman–Crippen LogP) is 2.78. The molecule has 13 heavy (non-hydrogen) atoms. The third-order valence-corrected chi connectivity index (χ3v) is 2.46. The lowest BCUT2D eigenvalue weighted by Gasteiger charge is -2.18. The van der Waals surface area contributed by atoms with E-state index < -0.39 is 0 Å². The van der Waals surface area contributed by atoms with Gasteiger partial charge in [-0.05, 0) is 25.1 Å². The molecule has 1 aromatic carbocycles. The highest BCUT2D eigenvalue weighted by atomic mass is 79.9. The molecule has 0 unspecified atom stereocenters. The van der Waals surface area contributed by atoms with Gasteiger partial charge in [0.25, 0.3) is 0 Å². The second kappa shape index (κ2) is 4.29. The minimum absolute atomic E-state index is 0.715. The summed E-state index contributed by atoms with van der Waals surface area (Å²) in [6, 6.07) is 7.84. The zero-order valence-corrected chi connectivity index (χ0v) is 9.30. The molecule has 0 aromatic heterocycles. The SMILES string of the molecule is CCN(C)c1cc(Br)ccc1C#N. The Labute approximate surface area is 86.9 Å². The molecule has 0 atom stereocenters. The van der Waals surface area contributed by atoms with E-state index >= 15 is 0 Å². The maximum absolute atomic E-state index is 8.86. The van der Waals surface area contributed by atoms with E-state index in [-0.39, 0.29) is 0 Å². The number of hydrogen-bond donors (Lipinski definition) is 0. The minimum Gasteiger partial charge on any atom is -0.374 e. The third kappa shape index (κ3) is 2.22. The van der Waals surface area contributed by atoms with Gasteiger partial charge in [-0.15, -0.1) is 0 Å². The topological polar surface area (TPSA) is 27.0 Å². The van der Waals surface area contributed by atoms with Crippen molar-refractivity contribution in [3.63, 3.8) is 0 Å². The summed E-state index contributed by atoms with van der Waals surface area (Å²) >= 11 is 3.39. The molecule has 0 aliphatic carbocycles. The molecule has 1 rings (SSSR count). The summed E-state index contributed by atoms with van der Waals surface area (Å²) in [5, 5.41) is 8.86. The molecular formula is C10H11BrN2. The molecular weight excluding hydrogens is 228 g/mol. The molecule has 3 heteroatoms. The zero-order chi connectivity index (χ0) is 9.84. The van der Waals surface area contributed by atoms with Crippen LogP contribution in [0.15, 0.2) is 22.7 Å². The first-order chi connectivity index (χ1) is 6.19. The van der Waals surface area contributed by atoms with E-state index in [4.69, 9.17) is 5.26 Å². The van der Waals surface area contributed by atoms with Gasteiger partial charge in [0, 0.05) is 18.1 Å². The smallest absolute Gasteiger partial charge is 0.101 e. The summed E-state index contributed by atoms with van der Waals surface area (Å²) in [7, 11) is 1.97. The number of nitrogens with zero attached hydrogens (tertiary/aromatic N) is 2. The summed E-state index contributed by atoms with van der Waals surface area (Å²) in [6.45, 7) is 2.95. The Hall–Kier alpha value is -1.01. The van der Waals surface area contributed by atoms with Gasteiger partial charge >= 0.3 is 0 Å². The van der Waals surface area contributed by atoms with Crippen LogP contribution in [0.5, 0.6) is 0 Å². The van der Waals surface area contributed by atoms with Crippen LogP contribution < -0.4 is 4.90 Å². The van der Waals surface area contributed by atoms with Gasteiger partial charge < -0.3 is 4.90 Å². The molecule has 0 aliphatic heterocycles. The van der Waals surface area contributed by atoms with Crippen LogP contribution in [-0.4, -0.2) is 13.6 Å². The molecule has 0 saturated heterocycles. The van der Waals surface area contributed by atoms with Gasteiger partial charge in [0.2, 0.25) is 0 Å². The average Bonchev–Trinajstić information content (AvgIpc) is 2.16. The van der Waals surface area contributed by atoms with Crippen LogP contribution >= 0.6 is 15.9 Å². The van der Waals surface area contributed by atoms with E-state index in [0.29, 0.717) is 5.56 Å². The number of anilines is 1. The molecule has 2 nitrogen and oxygen atoms in total. The van der Waals surface area contributed by atoms with Crippen molar-refractivity contribution in [2.24, 2.45) is 0 Å². The Balaban J connectivity index is 3.17. The molecule has 0 radical (unpaired) electrons. The molecule has 0 aliphatic rings. The lowest BCUT2D eigenvalue weighted by molar-refractivity contribution is 0.965. The normalized spacial score (nSPS) is 9.38. The quantitative estimate of drug-likeness (QED) is 0.793. The van der Waals surface area contributed by atoms with Crippen LogP contribution in [0, 0.1) is 11.3 Å². The Bertz CT molecular complexity index is 341. The standard InChI is InChI=1S/C10H11BrN2/c1-3-13(2)10-6-9(11)5-4-8(10)7-12/h4-6H,3H2,1-2H3. The van der Waals surface area contributed by atoms with Crippen LogP contribution in [0.1, 0.15) is 12.5 Å². The van der Waals surface area contributed by atoms with Crippen molar-refractivity contribution in [1.29, 1.82) is 5.26 Å². The van der Waals surface area contributed by atoms with Crippen LogP contribution in [0.4, 0.5) is 5.69 Å². The Morgan fingerprint density at radius 2 is 2.23 bits per heavy atom. The van der Waals surface area contributed by atoms with E-state index in [1.54, 1.807) is 0 Å². The molecule has 0 fully saturated rings. The monoisotopic (exact) mass is 238 g/mol. The van der Waals surface area contributed by atoms with Crippen molar-refractivity contribution in [2.45, 2.75) is 6.92 Å². The lowest BCUT2D eigenvalue weighted by atomic mass is 10.2. The van der Waals surface area contributed by atoms with Crippen LogP contribution in [0.25, 0.3) is 0 Å². The van der Waals surface area contributed by atoms with Crippen molar-refractivity contribution < 1.29 is 0 Å². The van der Waals surface area contributed by atoms with E-state index in [2.05, 4.69) is 28.9 Å². The third-order valence-electron chi connectivity index (χ3n) is 1.97. The first-order valence-electron chi connectivity index (χ1n) is 4.09. The van der Waals surface area contributed by atoms with Crippen molar-refractivity contribution in [3.05, 3.63) is 28.2 Å². The highest BCUT2D eigenvalue weighted by molar-refractivity contribution is 9.10. The van der Waals surface area contributed by atoms with E-state index in [0.717, 1.165) is 16.7 Å². The van der Waals surface area contributed by atoms with Crippen LogP contribution in [0.3, 0.4) is 0 Å². The van der Waals surface area contributed by atoms with Crippen molar-refractivity contribution >= 4 is 21.6 Å². The number of hydrogen-bond acceptors (Lipinski definition) is 2. The van der Waals surface area contributed by atoms with E-state index in [1.165, 1.54) is 0 Å². The number of benzene rings is 1. The van der Waals surface area contributed by atoms with Crippen LogP contribution in [0.2, 0.25) is 0 Å². The average molecular weight is 239 g/mol. The fraction of sp³-hybridized carbons (Fsp3) is 0.300. The van der Waals surface area contributed by atoms with E-state index in [9.17, 15) is 0 Å². The fourth-order valence-corrected chi connectivity index (χ4v) is 1.43. The maximum Gasteiger partial charge on any atom is 0.101 e. The Morgan fingerprint density at radius 1 is 1.54 bits per heavy atom. The zero-order valence-electron chi connectivity index (χ0n) is 7.71. The second-order valence-electron chi connectivity index (χ2n) is 2.79. The summed E-state index contributed by atoms with van der Waals surface area (Å²) in [4.78, 5) is 2.04. The van der Waals surface area contributed by atoms with Crippen molar-refractivity contribution in [2.75, 3.05) is 18.5 Å². The fourth-order valence-electron chi connectivity index (χ4n) is 1.09. The van der Waals surface area contributed by atoms with Gasteiger partial charge in [-0.3, -0.25) is 0 Å². The molecule has 1 aromatic rings. The summed E-state index contributed by atoms with van der Waals surface area (Å²) in [6.07, 6.45) is 0. The Kier molecular flexibility index (Phi) is 3.32. The van der Waals surface area contributed by atoms with Gasteiger partial charge in [0.15, 0.2) is 0 Å². The number of nitriles is 1. The number of rotatable bonds is 2. The Morgan fingerprint density at radius 3 is 2.77 bits per heavy atom. The van der Waals surface area contributed by atoms with Gasteiger partial charge in [0.05, 0.1) is 11.3 Å². The largest absolute Gasteiger partial charge is 0.374 e. The van der Waals surface area contributed by atoms with Crippen molar-refractivity contribution in [1.82, 2.24) is 0 Å². The van der Waals surface area contributed by atoms with Gasteiger partial charge in [-0.2, -0.15) is 5.26 Å². The lowest BCUT2D eigenvalue weighted by Crippen LogP contribution is -2.16. The minimum atomic E-state index is 0.715. The van der Waals surface area contributed by atoms with Gasteiger partial charge in [-0.1, -0.05) is 15.9 Å². The highest BCUT2D eigenvalue weighted by Crippen LogP contribution is 2.23. The van der Waals surface area contributed by atoms with E-state index in [1.807, 2.05) is 30.1 Å².